The predicted molar refractivity (Wildman–Crippen MR) is 76.8 cm³/mol. The monoisotopic (exact) mass is 292 g/mol. The van der Waals surface area contributed by atoms with E-state index in [1.807, 2.05) is 24.4 Å². The zero-order valence-corrected chi connectivity index (χ0v) is 11.9. The number of nitrogens with zero attached hydrogens (tertiary/aromatic N) is 3. The van der Waals surface area contributed by atoms with Crippen LogP contribution in [0.15, 0.2) is 30.5 Å². The van der Waals surface area contributed by atoms with Crippen LogP contribution in [0.3, 0.4) is 0 Å². The summed E-state index contributed by atoms with van der Waals surface area (Å²) in [5.74, 6) is 0.772. The van der Waals surface area contributed by atoms with Crippen molar-refractivity contribution in [2.75, 3.05) is 6.61 Å². The number of ether oxygens (including phenoxy) is 1. The van der Waals surface area contributed by atoms with Crippen molar-refractivity contribution < 1.29 is 4.74 Å². The number of aromatic nitrogens is 3. The first kappa shape index (κ1) is 13.4. The minimum Gasteiger partial charge on any atom is -0.492 e. The van der Waals surface area contributed by atoms with Crippen molar-refractivity contribution in [3.05, 3.63) is 41.2 Å². The summed E-state index contributed by atoms with van der Waals surface area (Å²) in [6.45, 7) is 2.00. The molecule has 1 N–H and O–H groups in total. The highest BCUT2D eigenvalue weighted by molar-refractivity contribution is 6.30. The summed E-state index contributed by atoms with van der Waals surface area (Å²) in [4.78, 5) is 0. The Morgan fingerprint density at radius 2 is 2.30 bits per heavy atom. The summed E-state index contributed by atoms with van der Waals surface area (Å²) in [5.41, 5.74) is 0.972. The quantitative estimate of drug-likeness (QED) is 0.850. The molecule has 1 aliphatic rings. The second-order valence-corrected chi connectivity index (χ2v) is 5.37. The van der Waals surface area contributed by atoms with E-state index < -0.39 is 0 Å². The highest BCUT2D eigenvalue weighted by atomic mass is 35.5. The van der Waals surface area contributed by atoms with Crippen molar-refractivity contribution in [3.63, 3.8) is 0 Å². The predicted octanol–water partition coefficient (Wildman–Crippen LogP) is 2.26. The molecule has 0 radical (unpaired) electrons. The lowest BCUT2D eigenvalue weighted by atomic mass is 10.3. The standard InChI is InChI=1S/C14H17ClN4O/c15-11-2-1-3-14(8-11)20-7-6-19-10-13(17-18-19)9-16-12-4-5-12/h1-3,8,10,12,16H,4-7,9H2. The van der Waals surface area contributed by atoms with Gasteiger partial charge in [0.15, 0.2) is 0 Å². The van der Waals surface area contributed by atoms with Crippen molar-refractivity contribution in [3.8, 4) is 5.75 Å². The third kappa shape index (κ3) is 3.95. The second kappa shape index (κ2) is 6.24. The Morgan fingerprint density at radius 1 is 1.40 bits per heavy atom. The molecule has 0 amide bonds. The lowest BCUT2D eigenvalue weighted by Gasteiger charge is -2.05. The summed E-state index contributed by atoms with van der Waals surface area (Å²) < 4.78 is 7.42. The molecule has 6 heteroatoms. The van der Waals surface area contributed by atoms with E-state index in [1.165, 1.54) is 12.8 Å². The van der Waals surface area contributed by atoms with E-state index in [1.54, 1.807) is 10.7 Å². The Labute approximate surface area is 122 Å². The van der Waals surface area contributed by atoms with Crippen LogP contribution in [0.4, 0.5) is 0 Å². The molecule has 1 aliphatic carbocycles. The second-order valence-electron chi connectivity index (χ2n) is 4.93. The molecule has 3 rings (SSSR count). The Bertz CT molecular complexity index is 568. The van der Waals surface area contributed by atoms with Crippen LogP contribution in [-0.2, 0) is 13.1 Å². The van der Waals surface area contributed by atoms with Crippen LogP contribution in [0.5, 0.6) is 5.75 Å². The van der Waals surface area contributed by atoms with Crippen LogP contribution >= 0.6 is 11.6 Å². The lowest BCUT2D eigenvalue weighted by molar-refractivity contribution is 0.289. The first-order valence-corrected chi connectivity index (χ1v) is 7.18. The lowest BCUT2D eigenvalue weighted by Crippen LogP contribution is -2.15. The third-order valence-corrected chi connectivity index (χ3v) is 3.36. The number of hydrogen-bond donors (Lipinski definition) is 1. The molecule has 0 atom stereocenters. The van der Waals surface area contributed by atoms with Gasteiger partial charge in [-0.1, -0.05) is 22.9 Å². The molecule has 1 aromatic heterocycles. The van der Waals surface area contributed by atoms with E-state index in [4.69, 9.17) is 16.3 Å². The zero-order chi connectivity index (χ0) is 13.8. The van der Waals surface area contributed by atoms with Crippen LogP contribution in [0.2, 0.25) is 5.02 Å². The molecular formula is C14H17ClN4O. The number of benzene rings is 1. The summed E-state index contributed by atoms with van der Waals surface area (Å²) in [6.07, 6.45) is 4.51. The maximum absolute atomic E-state index is 5.89. The molecular weight excluding hydrogens is 276 g/mol. The van der Waals surface area contributed by atoms with E-state index in [0.29, 0.717) is 24.2 Å². The topological polar surface area (TPSA) is 52.0 Å². The first-order chi connectivity index (χ1) is 9.79. The third-order valence-electron chi connectivity index (χ3n) is 3.12. The maximum atomic E-state index is 5.89. The fraction of sp³-hybridized carbons (Fsp3) is 0.429. The van der Waals surface area contributed by atoms with Crippen molar-refractivity contribution in [1.82, 2.24) is 20.3 Å². The molecule has 2 aromatic rings. The number of hydrogen-bond acceptors (Lipinski definition) is 4. The number of rotatable bonds is 7. The minimum atomic E-state index is 0.541. The van der Waals surface area contributed by atoms with Crippen LogP contribution in [0.1, 0.15) is 18.5 Å². The first-order valence-electron chi connectivity index (χ1n) is 6.80. The highest BCUT2D eigenvalue weighted by Gasteiger charge is 2.20. The summed E-state index contributed by atoms with van der Waals surface area (Å²) in [6, 6.07) is 8.07. The molecule has 0 bridgehead atoms. The molecule has 1 heterocycles. The van der Waals surface area contributed by atoms with Gasteiger partial charge in [-0.3, -0.25) is 0 Å². The molecule has 1 aromatic carbocycles. The average Bonchev–Trinajstić information content (AvgIpc) is 3.16. The normalized spacial score (nSPS) is 14.4. The van der Waals surface area contributed by atoms with E-state index in [-0.39, 0.29) is 0 Å². The van der Waals surface area contributed by atoms with Crippen LogP contribution in [0.25, 0.3) is 0 Å². The summed E-state index contributed by atoms with van der Waals surface area (Å²) >= 11 is 5.89. The molecule has 0 spiro atoms. The molecule has 106 valence electrons. The smallest absolute Gasteiger partial charge is 0.120 e. The fourth-order valence-corrected chi connectivity index (χ4v) is 2.06. The SMILES string of the molecule is Clc1cccc(OCCn2cc(CNC3CC3)nn2)c1. The van der Waals surface area contributed by atoms with Gasteiger partial charge in [-0.2, -0.15) is 0 Å². The average molecular weight is 293 g/mol. The van der Waals surface area contributed by atoms with Gasteiger partial charge in [0.2, 0.25) is 0 Å². The van der Waals surface area contributed by atoms with E-state index in [2.05, 4.69) is 15.6 Å². The minimum absolute atomic E-state index is 0.541. The molecule has 0 unspecified atom stereocenters. The summed E-state index contributed by atoms with van der Waals surface area (Å²) in [5, 5.41) is 12.3. The van der Waals surface area contributed by atoms with Gasteiger partial charge in [0, 0.05) is 23.8 Å². The van der Waals surface area contributed by atoms with Gasteiger partial charge in [0.25, 0.3) is 0 Å². The van der Waals surface area contributed by atoms with Crippen molar-refractivity contribution in [2.45, 2.75) is 32.0 Å². The van der Waals surface area contributed by atoms with Crippen LogP contribution < -0.4 is 10.1 Å². The van der Waals surface area contributed by atoms with Gasteiger partial charge in [0.05, 0.1) is 12.2 Å². The molecule has 20 heavy (non-hydrogen) atoms. The van der Waals surface area contributed by atoms with E-state index in [0.717, 1.165) is 18.0 Å². The summed E-state index contributed by atoms with van der Waals surface area (Å²) in [7, 11) is 0. The van der Waals surface area contributed by atoms with Gasteiger partial charge in [-0.25, -0.2) is 4.68 Å². The molecule has 5 nitrogen and oxygen atoms in total. The van der Waals surface area contributed by atoms with Crippen molar-refractivity contribution in [1.29, 1.82) is 0 Å². The van der Waals surface area contributed by atoms with Gasteiger partial charge in [-0.05, 0) is 31.0 Å². The van der Waals surface area contributed by atoms with Crippen LogP contribution in [-0.4, -0.2) is 27.6 Å². The Balaban J connectivity index is 1.43. The van der Waals surface area contributed by atoms with Gasteiger partial charge in [0.1, 0.15) is 12.4 Å². The van der Waals surface area contributed by atoms with Gasteiger partial charge < -0.3 is 10.1 Å². The molecule has 0 saturated heterocycles. The highest BCUT2D eigenvalue weighted by Crippen LogP contribution is 2.19. The number of halogens is 1. The van der Waals surface area contributed by atoms with Crippen molar-refractivity contribution in [2.24, 2.45) is 0 Å². The van der Waals surface area contributed by atoms with Crippen LogP contribution in [0, 0.1) is 0 Å². The molecule has 1 saturated carbocycles. The largest absolute Gasteiger partial charge is 0.492 e. The number of nitrogens with one attached hydrogen (secondary N) is 1. The van der Waals surface area contributed by atoms with E-state index >= 15 is 0 Å². The Hall–Kier alpha value is -1.59. The van der Waals surface area contributed by atoms with Crippen molar-refractivity contribution >= 4 is 11.6 Å². The van der Waals surface area contributed by atoms with Gasteiger partial charge in [-0.15, -0.1) is 5.10 Å². The Kier molecular flexibility index (Phi) is 4.18. The zero-order valence-electron chi connectivity index (χ0n) is 11.1. The fourth-order valence-electron chi connectivity index (χ4n) is 1.88. The molecule has 0 aliphatic heterocycles. The Morgan fingerprint density at radius 3 is 3.10 bits per heavy atom. The van der Waals surface area contributed by atoms with Gasteiger partial charge >= 0.3 is 0 Å². The van der Waals surface area contributed by atoms with E-state index in [9.17, 15) is 0 Å². The maximum Gasteiger partial charge on any atom is 0.120 e. The molecule has 1 fully saturated rings.